The topological polar surface area (TPSA) is 58.2 Å². The van der Waals surface area contributed by atoms with Crippen LogP contribution < -0.4 is 10.6 Å². The standard InChI is InChI=1S/C22H20N2O2S/c25-21(24-18-10-11-18)17-8-6-16(7-9-17)19-12-13-20(27-19)22(26)23-14-15-4-2-1-3-5-15/h1-9,12-13,18H,10-11,14H2,(H,23,26)(H,24,25). The maximum Gasteiger partial charge on any atom is 0.261 e. The van der Waals surface area contributed by atoms with Gasteiger partial charge in [0.2, 0.25) is 0 Å². The van der Waals surface area contributed by atoms with E-state index in [1.54, 1.807) is 0 Å². The molecule has 0 atom stereocenters. The van der Waals surface area contributed by atoms with Crippen LogP contribution in [0.15, 0.2) is 66.7 Å². The highest BCUT2D eigenvalue weighted by molar-refractivity contribution is 7.17. The lowest BCUT2D eigenvalue weighted by molar-refractivity contribution is 0.0944. The molecule has 2 aromatic carbocycles. The molecule has 5 heteroatoms. The number of carbonyl (C=O) groups is 2. The van der Waals surface area contributed by atoms with Crippen molar-refractivity contribution in [1.29, 1.82) is 0 Å². The number of carbonyl (C=O) groups excluding carboxylic acids is 2. The van der Waals surface area contributed by atoms with E-state index in [-0.39, 0.29) is 11.8 Å². The third-order valence-electron chi connectivity index (χ3n) is 4.47. The van der Waals surface area contributed by atoms with Gasteiger partial charge in [-0.15, -0.1) is 11.3 Å². The van der Waals surface area contributed by atoms with E-state index in [1.165, 1.54) is 11.3 Å². The Labute approximate surface area is 162 Å². The number of amides is 2. The Hall–Kier alpha value is -2.92. The second kappa shape index (κ2) is 7.76. The van der Waals surface area contributed by atoms with Gasteiger partial charge in [-0.05, 0) is 48.2 Å². The molecule has 1 aromatic heterocycles. The summed E-state index contributed by atoms with van der Waals surface area (Å²) in [5.74, 6) is -0.0910. The van der Waals surface area contributed by atoms with E-state index < -0.39 is 0 Å². The first-order valence-corrected chi connectivity index (χ1v) is 9.84. The van der Waals surface area contributed by atoms with Gasteiger partial charge in [0, 0.05) is 23.0 Å². The molecule has 4 rings (SSSR count). The summed E-state index contributed by atoms with van der Waals surface area (Å²) in [6.45, 7) is 0.512. The molecule has 1 fully saturated rings. The summed E-state index contributed by atoms with van der Waals surface area (Å²) in [5, 5.41) is 5.93. The zero-order valence-electron chi connectivity index (χ0n) is 14.8. The van der Waals surface area contributed by atoms with E-state index in [2.05, 4.69) is 10.6 Å². The second-order valence-corrected chi connectivity index (χ2v) is 7.74. The predicted molar refractivity (Wildman–Crippen MR) is 108 cm³/mol. The van der Waals surface area contributed by atoms with Gasteiger partial charge in [-0.3, -0.25) is 9.59 Å². The van der Waals surface area contributed by atoms with E-state index in [9.17, 15) is 9.59 Å². The van der Waals surface area contributed by atoms with Crippen molar-refractivity contribution in [3.8, 4) is 10.4 Å². The van der Waals surface area contributed by atoms with Crippen molar-refractivity contribution in [2.24, 2.45) is 0 Å². The molecule has 2 amide bonds. The van der Waals surface area contributed by atoms with Crippen LogP contribution in [-0.4, -0.2) is 17.9 Å². The van der Waals surface area contributed by atoms with Crippen molar-refractivity contribution in [3.63, 3.8) is 0 Å². The quantitative estimate of drug-likeness (QED) is 0.676. The van der Waals surface area contributed by atoms with Gasteiger partial charge >= 0.3 is 0 Å². The lowest BCUT2D eigenvalue weighted by atomic mass is 10.1. The molecule has 4 nitrogen and oxygen atoms in total. The second-order valence-electron chi connectivity index (χ2n) is 6.66. The van der Waals surface area contributed by atoms with Crippen molar-refractivity contribution >= 4 is 23.2 Å². The minimum absolute atomic E-state index is 0.0174. The van der Waals surface area contributed by atoms with Crippen LogP contribution in [0, 0.1) is 0 Å². The smallest absolute Gasteiger partial charge is 0.261 e. The Morgan fingerprint density at radius 3 is 2.33 bits per heavy atom. The van der Waals surface area contributed by atoms with Crippen molar-refractivity contribution < 1.29 is 9.59 Å². The zero-order valence-corrected chi connectivity index (χ0v) is 15.6. The summed E-state index contributed by atoms with van der Waals surface area (Å²) >= 11 is 1.45. The van der Waals surface area contributed by atoms with Gasteiger partial charge in [-0.25, -0.2) is 0 Å². The van der Waals surface area contributed by atoms with Crippen LogP contribution in [0.25, 0.3) is 10.4 Å². The van der Waals surface area contributed by atoms with Gasteiger partial charge in [-0.2, -0.15) is 0 Å². The molecule has 1 aliphatic rings. The van der Waals surface area contributed by atoms with Crippen LogP contribution in [0.5, 0.6) is 0 Å². The molecule has 0 bridgehead atoms. The lowest BCUT2D eigenvalue weighted by Gasteiger charge is -2.04. The molecule has 0 radical (unpaired) electrons. The Bertz CT molecular complexity index is 944. The van der Waals surface area contributed by atoms with Gasteiger partial charge in [0.1, 0.15) is 0 Å². The number of rotatable bonds is 6. The van der Waals surface area contributed by atoms with Gasteiger partial charge in [-0.1, -0.05) is 42.5 Å². The highest BCUT2D eigenvalue weighted by Crippen LogP contribution is 2.28. The summed E-state index contributed by atoms with van der Waals surface area (Å²) in [6, 6.07) is 21.5. The highest BCUT2D eigenvalue weighted by atomic mass is 32.1. The first-order valence-electron chi connectivity index (χ1n) is 9.02. The molecule has 0 saturated heterocycles. The SMILES string of the molecule is O=C(NC1CC1)c1ccc(-c2ccc(C(=O)NCc3ccccc3)s2)cc1. The molecule has 0 spiro atoms. The number of nitrogens with one attached hydrogen (secondary N) is 2. The van der Waals surface area contributed by atoms with Crippen LogP contribution in [0.4, 0.5) is 0 Å². The van der Waals surface area contributed by atoms with E-state index in [0.29, 0.717) is 23.0 Å². The third kappa shape index (κ3) is 4.44. The van der Waals surface area contributed by atoms with Crippen LogP contribution in [0.2, 0.25) is 0 Å². The summed E-state index contributed by atoms with van der Waals surface area (Å²) in [5.41, 5.74) is 2.75. The molecule has 136 valence electrons. The van der Waals surface area contributed by atoms with E-state index in [4.69, 9.17) is 0 Å². The molecule has 0 aliphatic heterocycles. The fourth-order valence-electron chi connectivity index (χ4n) is 2.76. The van der Waals surface area contributed by atoms with Gasteiger partial charge in [0.15, 0.2) is 0 Å². The molecule has 3 aromatic rings. The molecular formula is C22H20N2O2S. The van der Waals surface area contributed by atoms with Crippen molar-refractivity contribution in [3.05, 3.63) is 82.7 Å². The predicted octanol–water partition coefficient (Wildman–Crippen LogP) is 4.24. The lowest BCUT2D eigenvalue weighted by Crippen LogP contribution is -2.25. The largest absolute Gasteiger partial charge is 0.349 e. The molecule has 1 heterocycles. The summed E-state index contributed by atoms with van der Waals surface area (Å²) in [4.78, 5) is 26.1. The third-order valence-corrected chi connectivity index (χ3v) is 5.60. The van der Waals surface area contributed by atoms with E-state index in [0.717, 1.165) is 28.8 Å². The average molecular weight is 376 g/mol. The molecule has 2 N–H and O–H groups in total. The van der Waals surface area contributed by atoms with E-state index in [1.807, 2.05) is 66.7 Å². The fraction of sp³-hybridized carbons (Fsp3) is 0.182. The summed E-state index contributed by atoms with van der Waals surface area (Å²) < 4.78 is 0. The van der Waals surface area contributed by atoms with Crippen LogP contribution >= 0.6 is 11.3 Å². The van der Waals surface area contributed by atoms with Crippen LogP contribution in [0.3, 0.4) is 0 Å². The monoisotopic (exact) mass is 376 g/mol. The number of hydrogen-bond acceptors (Lipinski definition) is 3. The number of thiophene rings is 1. The number of benzene rings is 2. The summed E-state index contributed by atoms with van der Waals surface area (Å²) in [7, 11) is 0. The molecule has 0 unspecified atom stereocenters. The average Bonchev–Trinajstić information content (AvgIpc) is 3.38. The minimum atomic E-state index is -0.0736. The molecule has 27 heavy (non-hydrogen) atoms. The molecular weight excluding hydrogens is 356 g/mol. The van der Waals surface area contributed by atoms with Gasteiger partial charge in [0.25, 0.3) is 11.8 Å². The normalized spacial score (nSPS) is 13.2. The van der Waals surface area contributed by atoms with Crippen molar-refractivity contribution in [2.45, 2.75) is 25.4 Å². The van der Waals surface area contributed by atoms with Crippen LogP contribution in [0.1, 0.15) is 38.4 Å². The number of hydrogen-bond donors (Lipinski definition) is 2. The van der Waals surface area contributed by atoms with E-state index >= 15 is 0 Å². The zero-order chi connectivity index (χ0) is 18.6. The maximum absolute atomic E-state index is 12.4. The van der Waals surface area contributed by atoms with Crippen molar-refractivity contribution in [1.82, 2.24) is 10.6 Å². The maximum atomic E-state index is 12.4. The molecule has 1 aliphatic carbocycles. The van der Waals surface area contributed by atoms with Crippen LogP contribution in [-0.2, 0) is 6.54 Å². The minimum Gasteiger partial charge on any atom is -0.349 e. The highest BCUT2D eigenvalue weighted by Gasteiger charge is 2.23. The Balaban J connectivity index is 1.39. The Kier molecular flexibility index (Phi) is 5.03. The Morgan fingerprint density at radius 2 is 1.63 bits per heavy atom. The Morgan fingerprint density at radius 1 is 0.889 bits per heavy atom. The van der Waals surface area contributed by atoms with Gasteiger partial charge in [0.05, 0.1) is 4.88 Å². The fourth-order valence-corrected chi connectivity index (χ4v) is 3.69. The van der Waals surface area contributed by atoms with Gasteiger partial charge < -0.3 is 10.6 Å². The first kappa shape index (κ1) is 17.5. The van der Waals surface area contributed by atoms with Crippen molar-refractivity contribution in [2.75, 3.05) is 0 Å². The summed E-state index contributed by atoms with van der Waals surface area (Å²) in [6.07, 6.45) is 2.16. The molecule has 1 saturated carbocycles. The first-order chi connectivity index (χ1) is 13.2.